The molecule has 1 amide bonds. The minimum atomic E-state index is -0.268. The molecule has 0 bridgehead atoms. The summed E-state index contributed by atoms with van der Waals surface area (Å²) in [5.41, 5.74) is -0.0567. The van der Waals surface area contributed by atoms with Gasteiger partial charge in [-0.2, -0.15) is 0 Å². The number of hydrogen-bond donors (Lipinski definition) is 0. The molecule has 1 aliphatic rings. The standard InChI is InChI=1S/C16H18N4O3/c1-19-8-2-3-13(15(19)21)16(22)20-9-4-12(5-10-20)23-14-11-17-6-7-18-14/h2-3,6-8,11-12H,4-5,9-10H2,1H3. The summed E-state index contributed by atoms with van der Waals surface area (Å²) in [5, 5.41) is 0. The van der Waals surface area contributed by atoms with Crippen molar-refractivity contribution in [1.82, 2.24) is 19.4 Å². The first kappa shape index (κ1) is 15.2. The van der Waals surface area contributed by atoms with Crippen molar-refractivity contribution in [3.8, 4) is 5.88 Å². The smallest absolute Gasteiger partial charge is 0.263 e. The Kier molecular flexibility index (Phi) is 4.36. The molecule has 120 valence electrons. The molecule has 3 heterocycles. The molecule has 2 aromatic heterocycles. The molecule has 7 nitrogen and oxygen atoms in total. The van der Waals surface area contributed by atoms with Gasteiger partial charge in [-0.05, 0) is 12.1 Å². The van der Waals surface area contributed by atoms with Crippen molar-refractivity contribution in [2.45, 2.75) is 18.9 Å². The van der Waals surface area contributed by atoms with Gasteiger partial charge in [0, 0.05) is 51.6 Å². The minimum absolute atomic E-state index is 0.00866. The molecular weight excluding hydrogens is 296 g/mol. The monoisotopic (exact) mass is 314 g/mol. The normalized spacial score (nSPS) is 15.4. The molecule has 0 saturated carbocycles. The van der Waals surface area contributed by atoms with Crippen molar-refractivity contribution in [3.05, 3.63) is 52.8 Å². The average Bonchev–Trinajstić information content (AvgIpc) is 2.58. The molecular formula is C16H18N4O3. The lowest BCUT2D eigenvalue weighted by molar-refractivity contribution is 0.0585. The highest BCUT2D eigenvalue weighted by Crippen LogP contribution is 2.17. The van der Waals surface area contributed by atoms with E-state index in [4.69, 9.17) is 4.74 Å². The number of pyridine rings is 1. The van der Waals surface area contributed by atoms with Crippen LogP contribution in [-0.4, -0.2) is 44.5 Å². The van der Waals surface area contributed by atoms with E-state index in [0.717, 1.165) is 0 Å². The molecule has 23 heavy (non-hydrogen) atoms. The molecule has 1 aliphatic heterocycles. The van der Waals surface area contributed by atoms with Crippen molar-refractivity contribution in [3.63, 3.8) is 0 Å². The number of likely N-dealkylation sites (tertiary alicyclic amines) is 1. The fourth-order valence-electron chi connectivity index (χ4n) is 2.62. The van der Waals surface area contributed by atoms with E-state index >= 15 is 0 Å². The second-order valence-corrected chi connectivity index (χ2v) is 5.49. The van der Waals surface area contributed by atoms with E-state index in [-0.39, 0.29) is 23.1 Å². The number of rotatable bonds is 3. The Balaban J connectivity index is 1.61. The second kappa shape index (κ2) is 6.60. The van der Waals surface area contributed by atoms with E-state index in [1.165, 1.54) is 4.57 Å². The van der Waals surface area contributed by atoms with Crippen molar-refractivity contribution in [1.29, 1.82) is 0 Å². The number of aromatic nitrogens is 3. The number of hydrogen-bond acceptors (Lipinski definition) is 5. The maximum absolute atomic E-state index is 12.5. The third kappa shape index (κ3) is 3.39. The minimum Gasteiger partial charge on any atom is -0.473 e. The van der Waals surface area contributed by atoms with Crippen LogP contribution in [0.3, 0.4) is 0 Å². The van der Waals surface area contributed by atoms with Crippen LogP contribution in [0.5, 0.6) is 5.88 Å². The van der Waals surface area contributed by atoms with Gasteiger partial charge in [-0.3, -0.25) is 14.6 Å². The molecule has 0 N–H and O–H groups in total. The van der Waals surface area contributed by atoms with E-state index in [1.807, 2.05) is 0 Å². The Morgan fingerprint density at radius 3 is 2.78 bits per heavy atom. The Bertz CT molecular complexity index is 736. The lowest BCUT2D eigenvalue weighted by Gasteiger charge is -2.31. The predicted octanol–water partition coefficient (Wildman–Crippen LogP) is 0.859. The van der Waals surface area contributed by atoms with Crippen LogP contribution >= 0.6 is 0 Å². The molecule has 0 spiro atoms. The Labute approximate surface area is 133 Å². The molecule has 0 aliphatic carbocycles. The van der Waals surface area contributed by atoms with E-state index in [2.05, 4.69) is 9.97 Å². The molecule has 2 aromatic rings. The van der Waals surface area contributed by atoms with Gasteiger partial charge in [0.15, 0.2) is 0 Å². The summed E-state index contributed by atoms with van der Waals surface area (Å²) in [5.74, 6) is 0.276. The number of aryl methyl sites for hydroxylation is 1. The maximum Gasteiger partial charge on any atom is 0.263 e. The first-order valence-electron chi connectivity index (χ1n) is 7.53. The number of nitrogens with zero attached hydrogens (tertiary/aromatic N) is 4. The fourth-order valence-corrected chi connectivity index (χ4v) is 2.62. The first-order chi connectivity index (χ1) is 11.1. The SMILES string of the molecule is Cn1cccc(C(=O)N2CCC(Oc3cnccn3)CC2)c1=O. The quantitative estimate of drug-likeness (QED) is 0.840. The average molecular weight is 314 g/mol. The van der Waals surface area contributed by atoms with Crippen LogP contribution in [-0.2, 0) is 7.05 Å². The van der Waals surface area contributed by atoms with E-state index in [9.17, 15) is 9.59 Å². The van der Waals surface area contributed by atoms with Crippen LogP contribution < -0.4 is 10.3 Å². The molecule has 1 saturated heterocycles. The highest BCUT2D eigenvalue weighted by Gasteiger charge is 2.26. The Morgan fingerprint density at radius 1 is 1.30 bits per heavy atom. The zero-order valence-corrected chi connectivity index (χ0v) is 12.9. The van der Waals surface area contributed by atoms with Gasteiger partial charge < -0.3 is 14.2 Å². The lowest BCUT2D eigenvalue weighted by atomic mass is 10.1. The Morgan fingerprint density at radius 2 is 2.09 bits per heavy atom. The molecule has 3 rings (SSSR count). The number of carbonyl (C=O) groups is 1. The van der Waals surface area contributed by atoms with Crippen LogP contribution in [0.1, 0.15) is 23.2 Å². The highest BCUT2D eigenvalue weighted by molar-refractivity contribution is 5.93. The van der Waals surface area contributed by atoms with Gasteiger partial charge in [-0.15, -0.1) is 0 Å². The van der Waals surface area contributed by atoms with Crippen molar-refractivity contribution >= 4 is 5.91 Å². The van der Waals surface area contributed by atoms with Gasteiger partial charge in [0.05, 0.1) is 6.20 Å². The van der Waals surface area contributed by atoms with Gasteiger partial charge in [-0.25, -0.2) is 4.98 Å². The summed E-state index contributed by atoms with van der Waals surface area (Å²) in [6, 6.07) is 3.28. The van der Waals surface area contributed by atoms with Crippen LogP contribution in [0.2, 0.25) is 0 Å². The van der Waals surface area contributed by atoms with E-state index in [0.29, 0.717) is 31.8 Å². The number of ether oxygens (including phenoxy) is 1. The predicted molar refractivity (Wildman–Crippen MR) is 83.3 cm³/mol. The topological polar surface area (TPSA) is 77.3 Å². The zero-order valence-electron chi connectivity index (χ0n) is 12.9. The van der Waals surface area contributed by atoms with Gasteiger partial charge in [0.2, 0.25) is 5.88 Å². The summed E-state index contributed by atoms with van der Waals surface area (Å²) in [6.45, 7) is 1.11. The molecule has 0 radical (unpaired) electrons. The molecule has 7 heteroatoms. The molecule has 0 atom stereocenters. The molecule has 1 fully saturated rings. The maximum atomic E-state index is 12.5. The van der Waals surface area contributed by atoms with Crippen LogP contribution in [0.4, 0.5) is 0 Å². The van der Waals surface area contributed by atoms with Gasteiger partial charge >= 0.3 is 0 Å². The number of carbonyl (C=O) groups excluding carboxylic acids is 1. The largest absolute Gasteiger partial charge is 0.473 e. The molecule has 0 unspecified atom stereocenters. The molecule has 0 aromatic carbocycles. The summed E-state index contributed by atoms with van der Waals surface area (Å²) >= 11 is 0. The van der Waals surface area contributed by atoms with Crippen LogP contribution in [0.25, 0.3) is 0 Å². The highest BCUT2D eigenvalue weighted by atomic mass is 16.5. The first-order valence-corrected chi connectivity index (χ1v) is 7.53. The zero-order chi connectivity index (χ0) is 16.2. The van der Waals surface area contributed by atoms with Crippen molar-refractivity contribution in [2.24, 2.45) is 7.05 Å². The van der Waals surface area contributed by atoms with Crippen molar-refractivity contribution < 1.29 is 9.53 Å². The van der Waals surface area contributed by atoms with Crippen LogP contribution in [0.15, 0.2) is 41.7 Å². The van der Waals surface area contributed by atoms with Crippen molar-refractivity contribution in [2.75, 3.05) is 13.1 Å². The van der Waals surface area contributed by atoms with Gasteiger partial charge in [-0.1, -0.05) is 0 Å². The lowest BCUT2D eigenvalue weighted by Crippen LogP contribution is -2.43. The van der Waals surface area contributed by atoms with E-state index in [1.54, 1.807) is 48.9 Å². The van der Waals surface area contributed by atoms with Gasteiger partial charge in [0.1, 0.15) is 11.7 Å². The second-order valence-electron chi connectivity index (χ2n) is 5.49. The Hall–Kier alpha value is -2.70. The summed E-state index contributed by atoms with van der Waals surface area (Å²) < 4.78 is 7.17. The summed E-state index contributed by atoms with van der Waals surface area (Å²) in [6.07, 6.45) is 7.80. The fraction of sp³-hybridized carbons (Fsp3) is 0.375. The van der Waals surface area contributed by atoms with Gasteiger partial charge in [0.25, 0.3) is 11.5 Å². The summed E-state index contributed by atoms with van der Waals surface area (Å²) in [4.78, 5) is 34.3. The third-order valence-corrected chi connectivity index (χ3v) is 3.91. The number of piperidine rings is 1. The summed E-state index contributed by atoms with van der Waals surface area (Å²) in [7, 11) is 1.64. The van der Waals surface area contributed by atoms with E-state index < -0.39 is 0 Å². The van der Waals surface area contributed by atoms with Crippen LogP contribution in [0, 0.1) is 0 Å². The number of amides is 1. The third-order valence-electron chi connectivity index (χ3n) is 3.91.